The van der Waals surface area contributed by atoms with E-state index in [2.05, 4.69) is 77.8 Å². The van der Waals surface area contributed by atoms with Crippen molar-refractivity contribution >= 4 is 17.1 Å². The minimum atomic E-state index is 0.265. The molecule has 2 heterocycles. The highest BCUT2D eigenvalue weighted by molar-refractivity contribution is 5.88. The van der Waals surface area contributed by atoms with E-state index in [0.29, 0.717) is 0 Å². The van der Waals surface area contributed by atoms with Gasteiger partial charge in [-0.2, -0.15) is 0 Å². The number of nitrogens with zero attached hydrogens (tertiary/aromatic N) is 2. The molecule has 0 fully saturated rings. The topological polar surface area (TPSA) is 18.5 Å². The van der Waals surface area contributed by atoms with Gasteiger partial charge in [0.15, 0.2) is 0 Å². The van der Waals surface area contributed by atoms with Crippen LogP contribution in [-0.4, -0.2) is 7.05 Å². The van der Waals surface area contributed by atoms with Gasteiger partial charge in [-0.1, -0.05) is 30.9 Å². The molecule has 2 aromatic rings. The highest BCUT2D eigenvalue weighted by atomic mass is 15.4. The lowest BCUT2D eigenvalue weighted by atomic mass is 10.0. The maximum absolute atomic E-state index is 4.25. The lowest BCUT2D eigenvalue weighted by Gasteiger charge is -2.22. The van der Waals surface area contributed by atoms with Gasteiger partial charge in [0.1, 0.15) is 5.82 Å². The van der Waals surface area contributed by atoms with Crippen LogP contribution in [0.3, 0.4) is 0 Å². The summed E-state index contributed by atoms with van der Waals surface area (Å²) >= 11 is 0. The molecule has 1 atom stereocenters. The first kappa shape index (κ1) is 13.2. The van der Waals surface area contributed by atoms with Crippen LogP contribution in [0.4, 0.5) is 17.1 Å². The molecule has 0 spiro atoms. The van der Waals surface area contributed by atoms with Crippen molar-refractivity contribution in [3.63, 3.8) is 0 Å². The van der Waals surface area contributed by atoms with Crippen molar-refractivity contribution < 1.29 is 0 Å². The van der Waals surface area contributed by atoms with Gasteiger partial charge in [-0.25, -0.2) is 0 Å². The molecule has 22 heavy (non-hydrogen) atoms. The van der Waals surface area contributed by atoms with E-state index < -0.39 is 0 Å². The molecule has 0 amide bonds. The van der Waals surface area contributed by atoms with Crippen LogP contribution in [0, 0.1) is 0 Å². The van der Waals surface area contributed by atoms with Gasteiger partial charge in [0, 0.05) is 19.3 Å². The number of fused-ring (bicyclic) bond motifs is 2. The van der Waals surface area contributed by atoms with E-state index in [4.69, 9.17) is 0 Å². The monoisotopic (exact) mass is 289 g/mol. The van der Waals surface area contributed by atoms with E-state index in [-0.39, 0.29) is 6.04 Å². The number of hydrogen-bond donors (Lipinski definition) is 1. The zero-order valence-corrected chi connectivity index (χ0v) is 12.7. The van der Waals surface area contributed by atoms with Crippen LogP contribution in [0.25, 0.3) is 0 Å². The Morgan fingerprint density at radius 1 is 1.18 bits per heavy atom. The Labute approximate surface area is 131 Å². The fourth-order valence-corrected chi connectivity index (χ4v) is 3.38. The van der Waals surface area contributed by atoms with Gasteiger partial charge in [0.25, 0.3) is 0 Å². The summed E-state index contributed by atoms with van der Waals surface area (Å²) in [6, 6.07) is 15.3. The summed E-state index contributed by atoms with van der Waals surface area (Å²) < 4.78 is 0. The minimum absolute atomic E-state index is 0.265. The number of rotatable bonds is 2. The Morgan fingerprint density at radius 3 is 2.73 bits per heavy atom. The third-order valence-corrected chi connectivity index (χ3v) is 4.60. The van der Waals surface area contributed by atoms with E-state index in [9.17, 15) is 0 Å². The first-order valence-electron chi connectivity index (χ1n) is 7.51. The first-order valence-corrected chi connectivity index (χ1v) is 7.51. The second kappa shape index (κ2) is 4.75. The molecular formula is C19H19N3. The quantitative estimate of drug-likeness (QED) is 0.841. The summed E-state index contributed by atoms with van der Waals surface area (Å²) in [5.41, 5.74) is 6.19. The highest BCUT2D eigenvalue weighted by Crippen LogP contribution is 2.45. The standard InChI is InChI=1S/C19H19N3/c1-4-17-16-10-9-15(11-14(16)12-20-17)22-13(2)21(3)18-7-5-6-8-19(18)22/h4-11,17,20H,1-2,12H2,3H3. The van der Waals surface area contributed by atoms with Crippen molar-refractivity contribution in [3.05, 3.63) is 78.6 Å². The van der Waals surface area contributed by atoms with Crippen LogP contribution in [0.2, 0.25) is 0 Å². The van der Waals surface area contributed by atoms with E-state index in [0.717, 1.165) is 18.1 Å². The van der Waals surface area contributed by atoms with Gasteiger partial charge in [0.2, 0.25) is 0 Å². The minimum Gasteiger partial charge on any atom is -0.329 e. The predicted molar refractivity (Wildman–Crippen MR) is 92.3 cm³/mol. The molecule has 110 valence electrons. The molecule has 3 nitrogen and oxygen atoms in total. The summed E-state index contributed by atoms with van der Waals surface area (Å²) in [6.45, 7) is 9.04. The van der Waals surface area contributed by atoms with Crippen LogP contribution in [0.1, 0.15) is 17.2 Å². The van der Waals surface area contributed by atoms with Gasteiger partial charge in [-0.15, -0.1) is 6.58 Å². The van der Waals surface area contributed by atoms with E-state index in [1.807, 2.05) is 6.08 Å². The largest absolute Gasteiger partial charge is 0.329 e. The van der Waals surface area contributed by atoms with E-state index in [1.54, 1.807) is 0 Å². The number of benzene rings is 2. The van der Waals surface area contributed by atoms with Gasteiger partial charge >= 0.3 is 0 Å². The molecule has 0 aliphatic carbocycles. The van der Waals surface area contributed by atoms with Crippen LogP contribution in [-0.2, 0) is 6.54 Å². The van der Waals surface area contributed by atoms with Gasteiger partial charge in [-0.3, -0.25) is 4.90 Å². The summed E-state index contributed by atoms with van der Waals surface area (Å²) in [5, 5.41) is 3.46. The molecule has 3 heteroatoms. The fourth-order valence-electron chi connectivity index (χ4n) is 3.38. The average Bonchev–Trinajstić information content (AvgIpc) is 3.07. The maximum Gasteiger partial charge on any atom is 0.110 e. The molecule has 0 saturated heterocycles. The Balaban J connectivity index is 1.80. The first-order chi connectivity index (χ1) is 10.7. The van der Waals surface area contributed by atoms with Crippen molar-refractivity contribution in [2.45, 2.75) is 12.6 Å². The molecule has 1 N–H and O–H groups in total. The van der Waals surface area contributed by atoms with E-state index >= 15 is 0 Å². The van der Waals surface area contributed by atoms with Crippen molar-refractivity contribution in [1.82, 2.24) is 5.32 Å². The lowest BCUT2D eigenvalue weighted by molar-refractivity contribution is 0.687. The summed E-state index contributed by atoms with van der Waals surface area (Å²) in [7, 11) is 2.06. The average molecular weight is 289 g/mol. The SMILES string of the molecule is C=CC1NCc2cc(N3C(=C)N(C)c4ccccc43)ccc21. The molecular weight excluding hydrogens is 270 g/mol. The van der Waals surface area contributed by atoms with Gasteiger partial charge in [0.05, 0.1) is 17.4 Å². The predicted octanol–water partition coefficient (Wildman–Crippen LogP) is 4.08. The highest BCUT2D eigenvalue weighted by Gasteiger charge is 2.29. The smallest absolute Gasteiger partial charge is 0.110 e. The molecule has 0 aromatic heterocycles. The molecule has 1 unspecified atom stereocenters. The Hall–Kier alpha value is -2.52. The summed E-state index contributed by atoms with van der Waals surface area (Å²) in [6.07, 6.45) is 1.96. The van der Waals surface area contributed by atoms with Crippen molar-refractivity contribution in [2.75, 3.05) is 16.8 Å². The van der Waals surface area contributed by atoms with Gasteiger partial charge < -0.3 is 10.2 Å². The summed E-state index contributed by atoms with van der Waals surface area (Å²) in [4.78, 5) is 4.35. The Kier molecular flexibility index (Phi) is 2.84. The number of nitrogens with one attached hydrogen (secondary N) is 1. The molecule has 0 saturated carbocycles. The molecule has 0 bridgehead atoms. The number of anilines is 3. The third kappa shape index (κ3) is 1.72. The van der Waals surface area contributed by atoms with Crippen molar-refractivity contribution in [2.24, 2.45) is 0 Å². The Morgan fingerprint density at radius 2 is 1.95 bits per heavy atom. The molecule has 2 aromatic carbocycles. The van der Waals surface area contributed by atoms with Crippen LogP contribution < -0.4 is 15.1 Å². The van der Waals surface area contributed by atoms with Gasteiger partial charge in [-0.05, 0) is 35.4 Å². The molecule has 2 aliphatic heterocycles. The second-order valence-corrected chi connectivity index (χ2v) is 5.78. The number of hydrogen-bond acceptors (Lipinski definition) is 3. The lowest BCUT2D eigenvalue weighted by Crippen LogP contribution is -2.20. The van der Waals surface area contributed by atoms with Crippen molar-refractivity contribution in [3.8, 4) is 0 Å². The Bertz CT molecular complexity index is 778. The van der Waals surface area contributed by atoms with E-state index in [1.165, 1.54) is 22.5 Å². The normalized spacial score (nSPS) is 19.3. The zero-order valence-electron chi connectivity index (χ0n) is 12.7. The third-order valence-electron chi connectivity index (χ3n) is 4.60. The van der Waals surface area contributed by atoms with Crippen molar-refractivity contribution in [1.29, 1.82) is 0 Å². The second-order valence-electron chi connectivity index (χ2n) is 5.78. The fraction of sp³-hybridized carbons (Fsp3) is 0.158. The van der Waals surface area contributed by atoms with Crippen LogP contribution in [0.5, 0.6) is 0 Å². The van der Waals surface area contributed by atoms with Crippen LogP contribution in [0.15, 0.2) is 67.5 Å². The van der Waals surface area contributed by atoms with Crippen LogP contribution >= 0.6 is 0 Å². The maximum atomic E-state index is 4.25. The zero-order chi connectivity index (χ0) is 15.3. The molecule has 4 rings (SSSR count). The number of para-hydroxylation sites is 2. The molecule has 0 radical (unpaired) electrons. The summed E-state index contributed by atoms with van der Waals surface area (Å²) in [5.74, 6) is 0.979. The molecule has 2 aliphatic rings.